The fraction of sp³-hybridized carbons (Fsp3) is 0.100. The summed E-state index contributed by atoms with van der Waals surface area (Å²) < 4.78 is 16.5. The minimum atomic E-state index is -4.10. The van der Waals surface area contributed by atoms with Gasteiger partial charge in [0.1, 0.15) is 5.75 Å². The Morgan fingerprint density at radius 2 is 1.46 bits per heavy atom. The predicted molar refractivity (Wildman–Crippen MR) is 105 cm³/mol. The van der Waals surface area contributed by atoms with Crippen LogP contribution in [0.25, 0.3) is 11.1 Å². The Morgan fingerprint density at radius 1 is 0.885 bits per heavy atom. The van der Waals surface area contributed by atoms with Crippen molar-refractivity contribution in [3.63, 3.8) is 0 Å². The van der Waals surface area contributed by atoms with Gasteiger partial charge >= 0.3 is 7.60 Å². The third-order valence-electron chi connectivity index (χ3n) is 3.85. The van der Waals surface area contributed by atoms with Gasteiger partial charge in [0.2, 0.25) is 0 Å². The van der Waals surface area contributed by atoms with Gasteiger partial charge in [-0.05, 0) is 47.0 Å². The molecule has 0 aromatic heterocycles. The van der Waals surface area contributed by atoms with Crippen molar-refractivity contribution in [2.45, 2.75) is 16.0 Å². The van der Waals surface area contributed by atoms with Crippen molar-refractivity contribution in [1.29, 1.82) is 0 Å². The van der Waals surface area contributed by atoms with Gasteiger partial charge < -0.3 is 14.5 Å². The highest BCUT2D eigenvalue weighted by Crippen LogP contribution is 2.42. The Kier molecular flexibility index (Phi) is 5.84. The van der Waals surface area contributed by atoms with E-state index < -0.39 is 7.60 Å². The van der Waals surface area contributed by atoms with Crippen molar-refractivity contribution in [3.05, 3.63) is 78.4 Å². The molecule has 0 unspecified atom stereocenters. The summed E-state index contributed by atoms with van der Waals surface area (Å²) in [5, 5.41) is 0. The van der Waals surface area contributed by atoms with Gasteiger partial charge in [-0.15, -0.1) is 0 Å². The van der Waals surface area contributed by atoms with Crippen LogP contribution >= 0.6 is 19.4 Å². The molecule has 6 heteroatoms. The van der Waals surface area contributed by atoms with E-state index in [0.717, 1.165) is 26.7 Å². The van der Waals surface area contributed by atoms with Gasteiger partial charge in [-0.25, -0.2) is 0 Å². The van der Waals surface area contributed by atoms with Crippen LogP contribution in [0.2, 0.25) is 0 Å². The van der Waals surface area contributed by atoms with Crippen molar-refractivity contribution in [2.75, 3.05) is 7.11 Å². The smallest absolute Gasteiger partial charge is 0.329 e. The second kappa shape index (κ2) is 8.11. The van der Waals surface area contributed by atoms with Crippen LogP contribution in [0, 0.1) is 0 Å². The van der Waals surface area contributed by atoms with Crippen LogP contribution in [0.15, 0.2) is 82.6 Å². The van der Waals surface area contributed by atoms with E-state index in [9.17, 15) is 14.4 Å². The first-order valence-corrected chi connectivity index (χ1v) is 10.6. The summed E-state index contributed by atoms with van der Waals surface area (Å²) in [6.45, 7) is 0. The molecule has 0 bridgehead atoms. The van der Waals surface area contributed by atoms with E-state index in [4.69, 9.17) is 4.74 Å². The molecular formula is C20H19O4PS. The quantitative estimate of drug-likeness (QED) is 0.571. The minimum Gasteiger partial charge on any atom is -0.497 e. The Morgan fingerprint density at radius 3 is 2.04 bits per heavy atom. The second-order valence-electron chi connectivity index (χ2n) is 5.79. The molecule has 0 spiro atoms. The second-order valence-corrected chi connectivity index (χ2v) is 8.55. The Hall–Kier alpha value is -2.04. The first-order valence-electron chi connectivity index (χ1n) is 7.99. The van der Waals surface area contributed by atoms with Crippen LogP contribution in [-0.2, 0) is 10.7 Å². The standard InChI is InChI=1S/C20H19O4PS/c1-24-18-10-6-15(7-11-18)16-8-12-19(13-9-16)26-20-5-3-2-4-17(20)14-25(21,22)23/h2-13H,14H2,1H3,(H2,21,22,23). The van der Waals surface area contributed by atoms with Gasteiger partial charge in [0, 0.05) is 9.79 Å². The largest absolute Gasteiger partial charge is 0.497 e. The van der Waals surface area contributed by atoms with Gasteiger partial charge in [0.25, 0.3) is 0 Å². The van der Waals surface area contributed by atoms with E-state index in [1.165, 1.54) is 11.8 Å². The van der Waals surface area contributed by atoms with Gasteiger partial charge in [0.15, 0.2) is 0 Å². The molecule has 0 amide bonds. The zero-order chi connectivity index (χ0) is 18.6. The molecule has 0 saturated heterocycles. The number of benzene rings is 3. The molecule has 0 heterocycles. The molecule has 0 fully saturated rings. The number of hydrogen-bond donors (Lipinski definition) is 2. The number of rotatable bonds is 6. The maximum atomic E-state index is 11.3. The molecule has 0 aliphatic carbocycles. The topological polar surface area (TPSA) is 66.8 Å². The normalized spacial score (nSPS) is 11.3. The highest BCUT2D eigenvalue weighted by molar-refractivity contribution is 7.99. The molecule has 134 valence electrons. The molecule has 3 aromatic carbocycles. The number of methoxy groups -OCH3 is 1. The van der Waals surface area contributed by atoms with Gasteiger partial charge in [-0.2, -0.15) is 0 Å². The first kappa shape index (κ1) is 18.7. The summed E-state index contributed by atoms with van der Waals surface area (Å²) in [4.78, 5) is 20.4. The summed E-state index contributed by atoms with van der Waals surface area (Å²) >= 11 is 1.50. The van der Waals surface area contributed by atoms with E-state index in [0.29, 0.717) is 5.56 Å². The lowest BCUT2D eigenvalue weighted by Crippen LogP contribution is -1.90. The zero-order valence-corrected chi connectivity index (χ0v) is 15.9. The average molecular weight is 386 g/mol. The summed E-state index contributed by atoms with van der Waals surface area (Å²) in [5.74, 6) is 0.822. The lowest BCUT2D eigenvalue weighted by atomic mass is 10.1. The maximum Gasteiger partial charge on any atom is 0.329 e. The van der Waals surface area contributed by atoms with Crippen LogP contribution in [0.5, 0.6) is 5.75 Å². The molecule has 0 aliphatic heterocycles. The molecule has 0 aliphatic rings. The summed E-state index contributed by atoms with van der Waals surface area (Å²) in [7, 11) is -2.45. The van der Waals surface area contributed by atoms with Crippen molar-refractivity contribution >= 4 is 19.4 Å². The highest BCUT2D eigenvalue weighted by Gasteiger charge is 2.16. The van der Waals surface area contributed by atoms with Crippen LogP contribution in [-0.4, -0.2) is 16.9 Å². The maximum absolute atomic E-state index is 11.3. The molecule has 3 aromatic rings. The van der Waals surface area contributed by atoms with E-state index in [2.05, 4.69) is 0 Å². The molecule has 2 N–H and O–H groups in total. The zero-order valence-electron chi connectivity index (χ0n) is 14.2. The van der Waals surface area contributed by atoms with Crippen molar-refractivity contribution in [2.24, 2.45) is 0 Å². The fourth-order valence-corrected chi connectivity index (χ4v) is 4.35. The van der Waals surface area contributed by atoms with Gasteiger partial charge in [0.05, 0.1) is 13.3 Å². The summed E-state index contributed by atoms with van der Waals surface area (Å²) in [6, 6.07) is 23.3. The monoisotopic (exact) mass is 386 g/mol. The lowest BCUT2D eigenvalue weighted by molar-refractivity contribution is 0.371. The Bertz CT molecular complexity index is 917. The van der Waals surface area contributed by atoms with Crippen molar-refractivity contribution in [1.82, 2.24) is 0 Å². The molecular weight excluding hydrogens is 367 g/mol. The van der Waals surface area contributed by atoms with Gasteiger partial charge in [-0.1, -0.05) is 54.2 Å². The Balaban J connectivity index is 1.78. The number of ether oxygens (including phenoxy) is 1. The van der Waals surface area contributed by atoms with E-state index in [1.807, 2.05) is 60.7 Å². The first-order chi connectivity index (χ1) is 12.4. The summed E-state index contributed by atoms with van der Waals surface area (Å²) in [6.07, 6.45) is -0.250. The average Bonchev–Trinajstić information content (AvgIpc) is 2.63. The SMILES string of the molecule is COc1ccc(-c2ccc(Sc3ccccc3CP(=O)(O)O)cc2)cc1. The van der Waals surface area contributed by atoms with Crippen molar-refractivity contribution < 1.29 is 19.1 Å². The lowest BCUT2D eigenvalue weighted by Gasteiger charge is -2.10. The van der Waals surface area contributed by atoms with E-state index in [1.54, 1.807) is 19.2 Å². The van der Waals surface area contributed by atoms with Crippen molar-refractivity contribution in [3.8, 4) is 16.9 Å². The molecule has 26 heavy (non-hydrogen) atoms. The third kappa shape index (κ3) is 4.99. The molecule has 0 radical (unpaired) electrons. The molecule has 4 nitrogen and oxygen atoms in total. The highest BCUT2D eigenvalue weighted by atomic mass is 32.2. The van der Waals surface area contributed by atoms with E-state index >= 15 is 0 Å². The van der Waals surface area contributed by atoms with Crippen LogP contribution in [0.3, 0.4) is 0 Å². The predicted octanol–water partition coefficient (Wildman–Crippen LogP) is 5.19. The van der Waals surface area contributed by atoms with E-state index in [-0.39, 0.29) is 6.16 Å². The van der Waals surface area contributed by atoms with Crippen LogP contribution < -0.4 is 4.74 Å². The number of hydrogen-bond acceptors (Lipinski definition) is 3. The molecule has 0 saturated carbocycles. The Labute approximate surface area is 157 Å². The molecule has 3 rings (SSSR count). The minimum absolute atomic E-state index is 0.250. The van der Waals surface area contributed by atoms with Gasteiger partial charge in [-0.3, -0.25) is 4.57 Å². The summed E-state index contributed by atoms with van der Waals surface area (Å²) in [5.41, 5.74) is 2.86. The van der Waals surface area contributed by atoms with Crippen LogP contribution in [0.1, 0.15) is 5.56 Å². The fourth-order valence-electron chi connectivity index (χ4n) is 2.58. The van der Waals surface area contributed by atoms with Crippen LogP contribution in [0.4, 0.5) is 0 Å². The third-order valence-corrected chi connectivity index (χ3v) is 5.73. The molecule has 0 atom stereocenters.